The van der Waals surface area contributed by atoms with E-state index in [-0.39, 0.29) is 0 Å². The lowest BCUT2D eigenvalue weighted by Gasteiger charge is -2.20. The normalized spacial score (nSPS) is 14.2. The molecule has 0 radical (unpaired) electrons. The van der Waals surface area contributed by atoms with Crippen LogP contribution in [0.3, 0.4) is 0 Å². The summed E-state index contributed by atoms with van der Waals surface area (Å²) in [5.74, 6) is 1.96. The van der Waals surface area contributed by atoms with E-state index >= 15 is 0 Å². The zero-order chi connectivity index (χ0) is 13.4. The van der Waals surface area contributed by atoms with Crippen molar-refractivity contribution in [1.29, 1.82) is 0 Å². The maximum atomic E-state index is 9.77. The molecule has 1 aromatic carbocycles. The fourth-order valence-electron chi connectivity index (χ4n) is 1.63. The summed E-state index contributed by atoms with van der Waals surface area (Å²) in [5, 5.41) is 9.77. The minimum atomic E-state index is -0.713. The van der Waals surface area contributed by atoms with Crippen LogP contribution in [0.5, 0.6) is 5.75 Å². The second-order valence-corrected chi connectivity index (χ2v) is 5.79. The van der Waals surface area contributed by atoms with Gasteiger partial charge in [0.05, 0.1) is 12.7 Å². The van der Waals surface area contributed by atoms with Crippen molar-refractivity contribution >= 4 is 11.8 Å². The summed E-state index contributed by atoms with van der Waals surface area (Å²) in [6.07, 6.45) is 2.82. The van der Waals surface area contributed by atoms with Crippen LogP contribution < -0.4 is 10.5 Å². The van der Waals surface area contributed by atoms with Crippen LogP contribution >= 0.6 is 11.8 Å². The van der Waals surface area contributed by atoms with Gasteiger partial charge < -0.3 is 15.6 Å². The molecule has 0 amide bonds. The first-order valence-electron chi connectivity index (χ1n) is 6.27. The fraction of sp³-hybridized carbons (Fsp3) is 0.571. The standard InChI is InChI=1S/C14H23NO2S/c1-14(16,11-15)9-5-6-10-18-13-8-4-3-7-12(13)17-2/h3-4,7-8,16H,5-6,9-11,15H2,1-2H3. The monoisotopic (exact) mass is 269 g/mol. The summed E-state index contributed by atoms with van der Waals surface area (Å²) in [6, 6.07) is 8.03. The molecule has 0 spiro atoms. The molecule has 0 saturated heterocycles. The number of unbranched alkanes of at least 4 members (excludes halogenated alkanes) is 1. The number of hydrogen-bond acceptors (Lipinski definition) is 4. The number of ether oxygens (including phenoxy) is 1. The molecule has 3 N–H and O–H groups in total. The predicted octanol–water partition coefficient (Wildman–Crippen LogP) is 2.67. The van der Waals surface area contributed by atoms with Gasteiger partial charge in [0.25, 0.3) is 0 Å². The Hall–Kier alpha value is -0.710. The molecule has 0 fully saturated rings. The van der Waals surface area contributed by atoms with Gasteiger partial charge in [0.1, 0.15) is 5.75 Å². The highest BCUT2D eigenvalue weighted by molar-refractivity contribution is 7.99. The molecule has 1 unspecified atom stereocenters. The fourth-order valence-corrected chi connectivity index (χ4v) is 2.67. The van der Waals surface area contributed by atoms with E-state index in [2.05, 4.69) is 6.07 Å². The minimum Gasteiger partial charge on any atom is -0.496 e. The van der Waals surface area contributed by atoms with E-state index in [0.29, 0.717) is 6.54 Å². The molecule has 18 heavy (non-hydrogen) atoms. The van der Waals surface area contributed by atoms with Gasteiger partial charge in [-0.05, 0) is 44.1 Å². The molecule has 0 saturated carbocycles. The highest BCUT2D eigenvalue weighted by Gasteiger charge is 2.16. The SMILES string of the molecule is COc1ccccc1SCCCCC(C)(O)CN. The molecule has 4 heteroatoms. The Morgan fingerprint density at radius 3 is 2.72 bits per heavy atom. The van der Waals surface area contributed by atoms with Crippen LogP contribution in [-0.4, -0.2) is 30.1 Å². The van der Waals surface area contributed by atoms with Crippen molar-refractivity contribution in [2.24, 2.45) is 5.73 Å². The Bertz CT molecular complexity index is 355. The van der Waals surface area contributed by atoms with Crippen LogP contribution in [0, 0.1) is 0 Å². The first-order valence-corrected chi connectivity index (χ1v) is 7.26. The summed E-state index contributed by atoms with van der Waals surface area (Å²) in [6.45, 7) is 2.12. The Balaban J connectivity index is 2.26. The van der Waals surface area contributed by atoms with Gasteiger partial charge >= 0.3 is 0 Å². The summed E-state index contributed by atoms with van der Waals surface area (Å²) in [4.78, 5) is 1.17. The average Bonchev–Trinajstić information content (AvgIpc) is 2.38. The van der Waals surface area contributed by atoms with Crippen molar-refractivity contribution in [2.75, 3.05) is 19.4 Å². The van der Waals surface area contributed by atoms with Crippen LogP contribution in [0.15, 0.2) is 29.2 Å². The Morgan fingerprint density at radius 1 is 1.33 bits per heavy atom. The number of methoxy groups -OCH3 is 1. The molecule has 0 aliphatic carbocycles. The molecule has 0 bridgehead atoms. The maximum Gasteiger partial charge on any atom is 0.132 e. The third-order valence-electron chi connectivity index (χ3n) is 2.88. The molecule has 1 rings (SSSR count). The molecule has 102 valence electrons. The van der Waals surface area contributed by atoms with Crippen LogP contribution in [0.1, 0.15) is 26.2 Å². The van der Waals surface area contributed by atoms with Gasteiger partial charge in [-0.3, -0.25) is 0 Å². The molecule has 0 heterocycles. The zero-order valence-corrected chi connectivity index (χ0v) is 12.0. The highest BCUT2D eigenvalue weighted by atomic mass is 32.2. The van der Waals surface area contributed by atoms with E-state index in [0.717, 1.165) is 30.8 Å². The molecule has 0 aliphatic rings. The number of aliphatic hydroxyl groups is 1. The van der Waals surface area contributed by atoms with Gasteiger partial charge in [-0.1, -0.05) is 12.1 Å². The lowest BCUT2D eigenvalue weighted by atomic mass is 10.00. The number of rotatable bonds is 8. The lowest BCUT2D eigenvalue weighted by Crippen LogP contribution is -2.33. The highest BCUT2D eigenvalue weighted by Crippen LogP contribution is 2.29. The molecule has 0 aromatic heterocycles. The quantitative estimate of drug-likeness (QED) is 0.563. The van der Waals surface area contributed by atoms with Gasteiger partial charge in [-0.2, -0.15) is 0 Å². The third kappa shape index (κ3) is 5.29. The summed E-state index contributed by atoms with van der Waals surface area (Å²) in [7, 11) is 1.69. The second kappa shape index (κ2) is 7.67. The van der Waals surface area contributed by atoms with Gasteiger partial charge in [0, 0.05) is 11.4 Å². The molecule has 0 aliphatic heterocycles. The van der Waals surface area contributed by atoms with E-state index in [1.165, 1.54) is 4.90 Å². The number of para-hydroxylation sites is 1. The first kappa shape index (κ1) is 15.3. The Labute approximate surface area is 114 Å². The molecule has 3 nitrogen and oxygen atoms in total. The largest absolute Gasteiger partial charge is 0.496 e. The van der Waals surface area contributed by atoms with Crippen LogP contribution in [-0.2, 0) is 0 Å². The van der Waals surface area contributed by atoms with Crippen molar-refractivity contribution in [3.8, 4) is 5.75 Å². The Morgan fingerprint density at radius 2 is 2.06 bits per heavy atom. The van der Waals surface area contributed by atoms with Crippen LogP contribution in [0.4, 0.5) is 0 Å². The predicted molar refractivity (Wildman–Crippen MR) is 77.2 cm³/mol. The van der Waals surface area contributed by atoms with E-state index in [1.807, 2.05) is 18.2 Å². The van der Waals surface area contributed by atoms with Crippen LogP contribution in [0.2, 0.25) is 0 Å². The lowest BCUT2D eigenvalue weighted by molar-refractivity contribution is 0.0577. The maximum absolute atomic E-state index is 9.77. The third-order valence-corrected chi connectivity index (χ3v) is 4.02. The van der Waals surface area contributed by atoms with Crippen molar-refractivity contribution in [1.82, 2.24) is 0 Å². The summed E-state index contributed by atoms with van der Waals surface area (Å²) < 4.78 is 5.30. The van der Waals surface area contributed by atoms with Gasteiger partial charge in [0.15, 0.2) is 0 Å². The van der Waals surface area contributed by atoms with Crippen LogP contribution in [0.25, 0.3) is 0 Å². The van der Waals surface area contributed by atoms with Gasteiger partial charge in [-0.25, -0.2) is 0 Å². The van der Waals surface area contributed by atoms with Crippen molar-refractivity contribution in [3.05, 3.63) is 24.3 Å². The van der Waals surface area contributed by atoms with Crippen molar-refractivity contribution in [3.63, 3.8) is 0 Å². The smallest absolute Gasteiger partial charge is 0.132 e. The summed E-state index contributed by atoms with van der Waals surface area (Å²) >= 11 is 1.79. The average molecular weight is 269 g/mol. The Kier molecular flexibility index (Phi) is 6.54. The van der Waals surface area contributed by atoms with E-state index < -0.39 is 5.60 Å². The zero-order valence-electron chi connectivity index (χ0n) is 11.2. The van der Waals surface area contributed by atoms with E-state index in [1.54, 1.807) is 25.8 Å². The summed E-state index contributed by atoms with van der Waals surface area (Å²) in [5.41, 5.74) is 4.77. The van der Waals surface area contributed by atoms with Gasteiger partial charge in [-0.15, -0.1) is 11.8 Å². The molecular formula is C14H23NO2S. The molecular weight excluding hydrogens is 246 g/mol. The topological polar surface area (TPSA) is 55.5 Å². The van der Waals surface area contributed by atoms with Crippen molar-refractivity contribution < 1.29 is 9.84 Å². The number of benzene rings is 1. The first-order chi connectivity index (χ1) is 8.59. The molecule has 1 aromatic rings. The number of hydrogen-bond donors (Lipinski definition) is 2. The molecule has 1 atom stereocenters. The van der Waals surface area contributed by atoms with Gasteiger partial charge in [0.2, 0.25) is 0 Å². The minimum absolute atomic E-state index is 0.326. The van der Waals surface area contributed by atoms with Crippen molar-refractivity contribution in [2.45, 2.75) is 36.7 Å². The number of thioether (sulfide) groups is 1. The number of nitrogens with two attached hydrogens (primary N) is 1. The van der Waals surface area contributed by atoms with E-state index in [4.69, 9.17) is 10.5 Å². The van der Waals surface area contributed by atoms with E-state index in [9.17, 15) is 5.11 Å². The second-order valence-electron chi connectivity index (χ2n) is 4.66.